The van der Waals surface area contributed by atoms with E-state index in [4.69, 9.17) is 11.6 Å². The van der Waals surface area contributed by atoms with Gasteiger partial charge in [0, 0.05) is 6.20 Å². The van der Waals surface area contributed by atoms with Crippen molar-refractivity contribution in [3.05, 3.63) is 23.9 Å². The Morgan fingerprint density at radius 2 is 2.22 bits per heavy atom. The minimum atomic E-state index is 0.494. The Balaban J connectivity index is 4.00. The van der Waals surface area contributed by atoms with Crippen molar-refractivity contribution in [3.8, 4) is 0 Å². The molecule has 0 aromatic carbocycles. The van der Waals surface area contributed by atoms with E-state index in [-0.39, 0.29) is 0 Å². The number of allylic oxidation sites excluding steroid dienone is 2. The van der Waals surface area contributed by atoms with Crippen molar-refractivity contribution in [2.75, 3.05) is 0 Å². The Kier molecular flexibility index (Phi) is 4.06. The molecule has 0 aliphatic heterocycles. The summed E-state index contributed by atoms with van der Waals surface area (Å²) in [5.74, 6) is 0. The van der Waals surface area contributed by atoms with Crippen LogP contribution in [0.15, 0.2) is 28.9 Å². The molecular formula is C7H10ClN. The maximum atomic E-state index is 5.50. The lowest BCUT2D eigenvalue weighted by atomic mass is 10.4. The smallest absolute Gasteiger partial charge is 0.0552 e. The summed E-state index contributed by atoms with van der Waals surface area (Å²) < 4.78 is 0. The number of nitrogens with zero attached hydrogens (tertiary/aromatic N) is 1. The topological polar surface area (TPSA) is 12.4 Å². The van der Waals surface area contributed by atoms with E-state index in [2.05, 4.69) is 11.6 Å². The van der Waals surface area contributed by atoms with Crippen LogP contribution in [-0.2, 0) is 0 Å². The molecule has 0 radical (unpaired) electrons. The third-order valence-electron chi connectivity index (χ3n) is 0.810. The van der Waals surface area contributed by atoms with Crippen LogP contribution in [0.1, 0.15) is 13.8 Å². The minimum Gasteiger partial charge on any atom is -0.260 e. The van der Waals surface area contributed by atoms with E-state index in [0.717, 1.165) is 5.71 Å². The van der Waals surface area contributed by atoms with E-state index in [1.54, 1.807) is 6.20 Å². The Morgan fingerprint density at radius 3 is 2.56 bits per heavy atom. The van der Waals surface area contributed by atoms with E-state index in [9.17, 15) is 0 Å². The summed E-state index contributed by atoms with van der Waals surface area (Å²) >= 11 is 5.50. The molecule has 0 aromatic heterocycles. The standard InChI is InChI=1S/C7H10ClN/c1-4-5-9-7(3)6(2)8/h4-5H,2H2,1,3H3/b5-4-,9-7?. The molecule has 0 saturated heterocycles. The molecule has 0 unspecified atom stereocenters. The number of halogens is 1. The van der Waals surface area contributed by atoms with E-state index in [1.165, 1.54) is 0 Å². The van der Waals surface area contributed by atoms with Crippen LogP contribution in [0, 0.1) is 0 Å². The van der Waals surface area contributed by atoms with Crippen molar-refractivity contribution in [1.29, 1.82) is 0 Å². The molecule has 0 aliphatic carbocycles. The second-order valence-electron chi connectivity index (χ2n) is 1.60. The average Bonchev–Trinajstić information content (AvgIpc) is 1.82. The normalized spacial score (nSPS) is 12.6. The fourth-order valence-corrected chi connectivity index (χ4v) is 0.305. The van der Waals surface area contributed by atoms with Gasteiger partial charge in [-0.1, -0.05) is 24.3 Å². The first-order valence-electron chi connectivity index (χ1n) is 2.69. The van der Waals surface area contributed by atoms with Gasteiger partial charge in [0.2, 0.25) is 0 Å². The minimum absolute atomic E-state index is 0.494. The Hall–Kier alpha value is -0.560. The predicted molar refractivity (Wildman–Crippen MR) is 42.9 cm³/mol. The van der Waals surface area contributed by atoms with Crippen LogP contribution in [-0.4, -0.2) is 5.71 Å². The zero-order valence-electron chi connectivity index (χ0n) is 5.69. The summed E-state index contributed by atoms with van der Waals surface area (Å²) in [7, 11) is 0. The first kappa shape index (κ1) is 8.44. The van der Waals surface area contributed by atoms with Crippen molar-refractivity contribution in [2.24, 2.45) is 4.99 Å². The molecule has 0 rings (SSSR count). The van der Waals surface area contributed by atoms with Crippen molar-refractivity contribution < 1.29 is 0 Å². The summed E-state index contributed by atoms with van der Waals surface area (Å²) in [6.45, 7) is 7.22. The highest BCUT2D eigenvalue weighted by Crippen LogP contribution is 1.99. The van der Waals surface area contributed by atoms with Gasteiger partial charge < -0.3 is 0 Å². The van der Waals surface area contributed by atoms with Crippen molar-refractivity contribution in [1.82, 2.24) is 0 Å². The summed E-state index contributed by atoms with van der Waals surface area (Å²) in [6, 6.07) is 0. The molecule has 0 aliphatic rings. The highest BCUT2D eigenvalue weighted by atomic mass is 35.5. The first-order chi connectivity index (χ1) is 4.18. The molecule has 9 heavy (non-hydrogen) atoms. The molecule has 0 N–H and O–H groups in total. The van der Waals surface area contributed by atoms with Crippen molar-refractivity contribution in [3.63, 3.8) is 0 Å². The molecule has 0 amide bonds. The van der Waals surface area contributed by atoms with Crippen LogP contribution >= 0.6 is 11.6 Å². The van der Waals surface area contributed by atoms with E-state index < -0.39 is 0 Å². The van der Waals surface area contributed by atoms with Gasteiger partial charge in [-0.2, -0.15) is 0 Å². The van der Waals surface area contributed by atoms with Gasteiger partial charge >= 0.3 is 0 Å². The third kappa shape index (κ3) is 3.98. The van der Waals surface area contributed by atoms with Gasteiger partial charge in [-0.05, 0) is 13.8 Å². The molecule has 0 spiro atoms. The van der Waals surface area contributed by atoms with Gasteiger partial charge in [0.1, 0.15) is 0 Å². The Bertz CT molecular complexity index is 156. The maximum Gasteiger partial charge on any atom is 0.0552 e. The molecule has 50 valence electrons. The third-order valence-corrected chi connectivity index (χ3v) is 1.08. The quantitative estimate of drug-likeness (QED) is 0.527. The number of hydrogen-bond donors (Lipinski definition) is 0. The van der Waals surface area contributed by atoms with Crippen LogP contribution in [0.2, 0.25) is 0 Å². The summed E-state index contributed by atoms with van der Waals surface area (Å²) in [4.78, 5) is 3.95. The van der Waals surface area contributed by atoms with E-state index in [0.29, 0.717) is 5.03 Å². The lowest BCUT2D eigenvalue weighted by Gasteiger charge is -1.89. The maximum absolute atomic E-state index is 5.50. The fourth-order valence-electron chi connectivity index (χ4n) is 0.256. The van der Waals surface area contributed by atoms with Gasteiger partial charge in [-0.25, -0.2) is 0 Å². The highest BCUT2D eigenvalue weighted by Gasteiger charge is 1.88. The lowest BCUT2D eigenvalue weighted by molar-refractivity contribution is 1.50. The largest absolute Gasteiger partial charge is 0.260 e. The summed E-state index contributed by atoms with van der Waals surface area (Å²) in [6.07, 6.45) is 3.52. The van der Waals surface area contributed by atoms with Crippen molar-refractivity contribution >= 4 is 17.3 Å². The molecule has 0 atom stereocenters. The number of hydrogen-bond acceptors (Lipinski definition) is 1. The SMILES string of the molecule is C=C(Cl)C(C)=N/C=C\C. The fraction of sp³-hybridized carbons (Fsp3) is 0.286. The first-order valence-corrected chi connectivity index (χ1v) is 3.06. The molecule has 0 saturated carbocycles. The van der Waals surface area contributed by atoms with Gasteiger partial charge in [0.15, 0.2) is 0 Å². The molecule has 0 heterocycles. The average molecular weight is 144 g/mol. The molecule has 1 nitrogen and oxygen atoms in total. The van der Waals surface area contributed by atoms with Crippen LogP contribution in [0.3, 0.4) is 0 Å². The summed E-state index contributed by atoms with van der Waals surface area (Å²) in [5.41, 5.74) is 0.759. The van der Waals surface area contributed by atoms with E-state index >= 15 is 0 Å². The van der Waals surface area contributed by atoms with E-state index in [1.807, 2.05) is 19.9 Å². The molecule has 0 bridgehead atoms. The van der Waals surface area contributed by atoms with Gasteiger partial charge in [-0.3, -0.25) is 4.99 Å². The zero-order chi connectivity index (χ0) is 7.28. The molecular weight excluding hydrogens is 134 g/mol. The van der Waals surface area contributed by atoms with Crippen LogP contribution in [0.5, 0.6) is 0 Å². The molecule has 0 fully saturated rings. The Labute approximate surface area is 60.7 Å². The van der Waals surface area contributed by atoms with Crippen LogP contribution in [0.4, 0.5) is 0 Å². The summed E-state index contributed by atoms with van der Waals surface area (Å²) in [5, 5.41) is 0.494. The van der Waals surface area contributed by atoms with Crippen LogP contribution < -0.4 is 0 Å². The highest BCUT2D eigenvalue weighted by molar-refractivity contribution is 6.42. The number of rotatable bonds is 2. The second kappa shape index (κ2) is 4.33. The van der Waals surface area contributed by atoms with Crippen molar-refractivity contribution in [2.45, 2.75) is 13.8 Å². The van der Waals surface area contributed by atoms with Crippen LogP contribution in [0.25, 0.3) is 0 Å². The predicted octanol–water partition coefficient (Wildman–Crippen LogP) is 2.73. The Morgan fingerprint density at radius 1 is 1.67 bits per heavy atom. The second-order valence-corrected chi connectivity index (χ2v) is 2.06. The zero-order valence-corrected chi connectivity index (χ0v) is 6.44. The number of aliphatic imine (C=N–C) groups is 1. The molecule has 0 aromatic rings. The lowest BCUT2D eigenvalue weighted by Crippen LogP contribution is -1.85. The van der Waals surface area contributed by atoms with Gasteiger partial charge in [-0.15, -0.1) is 0 Å². The van der Waals surface area contributed by atoms with Gasteiger partial charge in [0.05, 0.1) is 10.7 Å². The van der Waals surface area contributed by atoms with Gasteiger partial charge in [0.25, 0.3) is 0 Å². The molecule has 2 heteroatoms. The monoisotopic (exact) mass is 143 g/mol.